The van der Waals surface area contributed by atoms with E-state index in [0.29, 0.717) is 0 Å². The number of rotatable bonds is 7. The first kappa shape index (κ1) is 52.7. The van der Waals surface area contributed by atoms with E-state index in [-0.39, 0.29) is 27.1 Å². The summed E-state index contributed by atoms with van der Waals surface area (Å²) in [6.07, 6.45) is 0. The van der Waals surface area contributed by atoms with Gasteiger partial charge in [0.25, 0.3) is 0 Å². The molecule has 0 amide bonds. The average molecular weight is 1040 g/mol. The molecule has 1 heterocycles. The molecule has 0 fully saturated rings. The summed E-state index contributed by atoms with van der Waals surface area (Å²) in [5.74, 6) is 0. The van der Waals surface area contributed by atoms with E-state index in [0.717, 1.165) is 17.1 Å². The average Bonchev–Trinajstić information content (AvgIpc) is 3.79. The molecule has 0 atom stereocenters. The van der Waals surface area contributed by atoms with Crippen LogP contribution in [0.2, 0.25) is 0 Å². The largest absolute Gasteiger partial charge is 0.309 e. The van der Waals surface area contributed by atoms with Crippen LogP contribution in [-0.2, 0) is 27.1 Å². The lowest BCUT2D eigenvalue weighted by Crippen LogP contribution is -2.18. The van der Waals surface area contributed by atoms with Crippen LogP contribution in [-0.4, -0.2) is 4.57 Å². The number of anilines is 3. The highest BCUT2D eigenvalue weighted by molar-refractivity contribution is 6.28. The number of benzene rings is 11. The molecule has 0 N–H and O–H groups in total. The molecule has 0 aliphatic heterocycles. The molecule has 12 rings (SSSR count). The number of para-hydroxylation sites is 3. The molecule has 12 aromatic rings. The van der Waals surface area contributed by atoms with Crippen molar-refractivity contribution in [1.82, 2.24) is 4.57 Å². The maximum Gasteiger partial charge on any atom is 0.0543 e. The Kier molecular flexibility index (Phi) is 12.4. The van der Waals surface area contributed by atoms with Crippen molar-refractivity contribution >= 4 is 71.2 Å². The van der Waals surface area contributed by atoms with E-state index in [1.165, 1.54) is 121 Å². The van der Waals surface area contributed by atoms with E-state index >= 15 is 0 Å². The van der Waals surface area contributed by atoms with Crippen LogP contribution in [0.1, 0.15) is 132 Å². The van der Waals surface area contributed by atoms with Gasteiger partial charge in [0.15, 0.2) is 0 Å². The quantitative estimate of drug-likeness (QED) is 0.144. The highest BCUT2D eigenvalue weighted by Gasteiger charge is 2.29. The fraction of sp³-hybridized carbons (Fsp3) is 0.256. The summed E-state index contributed by atoms with van der Waals surface area (Å²) in [5.41, 5.74) is 20.7. The minimum Gasteiger partial charge on any atom is -0.309 e. The minimum absolute atomic E-state index is 0.0175. The van der Waals surface area contributed by atoms with E-state index in [9.17, 15) is 0 Å². The lowest BCUT2D eigenvalue weighted by molar-refractivity contribution is 0.568. The molecule has 1 aromatic heterocycles. The SMILES string of the molecule is CC(C)(C)c1cc(-c2ccc(-c3ccccc3N(c3cc(C(C)(C)C)ccc3-c3cc(C(C)(C)C)cc(C(C)(C)C)c3)c3ccc4ccc5c(-n6c7ccccc7c7ccccc76)ccc6ccc3c4c65)cc2)cc(C(C)(C)C)c1. The third kappa shape index (κ3) is 9.25. The van der Waals surface area contributed by atoms with Crippen LogP contribution in [0.25, 0.3) is 93.2 Å². The second-order valence-corrected chi connectivity index (χ2v) is 28.0. The van der Waals surface area contributed by atoms with Gasteiger partial charge in [-0.15, -0.1) is 0 Å². The summed E-state index contributed by atoms with van der Waals surface area (Å²) in [4.78, 5) is 2.62. The Balaban J connectivity index is 1.14. The van der Waals surface area contributed by atoms with E-state index in [2.05, 4.69) is 314 Å². The highest BCUT2D eigenvalue weighted by atomic mass is 15.1. The summed E-state index contributed by atoms with van der Waals surface area (Å²) >= 11 is 0. The number of nitrogens with zero attached hydrogens (tertiary/aromatic N) is 2. The number of hydrogen-bond donors (Lipinski definition) is 0. The normalized spacial score (nSPS) is 12.9. The van der Waals surface area contributed by atoms with Crippen molar-refractivity contribution in [3.63, 3.8) is 0 Å². The van der Waals surface area contributed by atoms with Crippen molar-refractivity contribution in [3.05, 3.63) is 228 Å². The molecule has 0 saturated carbocycles. The van der Waals surface area contributed by atoms with Gasteiger partial charge in [-0.25, -0.2) is 0 Å². The zero-order chi connectivity index (χ0) is 56.4. The second-order valence-electron chi connectivity index (χ2n) is 28.0. The molecule has 0 unspecified atom stereocenters. The van der Waals surface area contributed by atoms with Gasteiger partial charge in [-0.05, 0) is 135 Å². The van der Waals surface area contributed by atoms with Gasteiger partial charge in [-0.3, -0.25) is 0 Å². The lowest BCUT2D eigenvalue weighted by atomic mass is 9.78. The number of hydrogen-bond acceptors (Lipinski definition) is 1. The molecular formula is C78H78N2. The smallest absolute Gasteiger partial charge is 0.0543 e. The van der Waals surface area contributed by atoms with Gasteiger partial charge < -0.3 is 9.47 Å². The monoisotopic (exact) mass is 1040 g/mol. The number of aromatic nitrogens is 1. The second kappa shape index (κ2) is 18.8. The lowest BCUT2D eigenvalue weighted by Gasteiger charge is -2.33. The molecule has 0 saturated heterocycles. The van der Waals surface area contributed by atoms with Crippen LogP contribution in [0.4, 0.5) is 17.1 Å². The topological polar surface area (TPSA) is 8.17 Å². The van der Waals surface area contributed by atoms with E-state index in [1.54, 1.807) is 0 Å². The molecule has 2 nitrogen and oxygen atoms in total. The fourth-order valence-corrected chi connectivity index (χ4v) is 12.2. The fourth-order valence-electron chi connectivity index (χ4n) is 12.2. The van der Waals surface area contributed by atoms with Crippen molar-refractivity contribution in [2.45, 2.75) is 131 Å². The Morgan fingerprint density at radius 1 is 0.275 bits per heavy atom. The maximum absolute atomic E-state index is 2.62. The van der Waals surface area contributed by atoms with E-state index in [4.69, 9.17) is 0 Å². The first-order valence-electron chi connectivity index (χ1n) is 29.0. The molecular weight excluding hydrogens is 965 g/mol. The molecule has 11 aromatic carbocycles. The Morgan fingerprint density at radius 2 is 0.713 bits per heavy atom. The zero-order valence-electron chi connectivity index (χ0n) is 49.9. The van der Waals surface area contributed by atoms with Crippen LogP contribution >= 0.6 is 0 Å². The van der Waals surface area contributed by atoms with Gasteiger partial charge in [-0.1, -0.05) is 268 Å². The summed E-state index contributed by atoms with van der Waals surface area (Å²) in [6, 6.07) is 77.0. The Labute approximate surface area is 476 Å². The van der Waals surface area contributed by atoms with Crippen molar-refractivity contribution in [3.8, 4) is 39.1 Å². The van der Waals surface area contributed by atoms with Gasteiger partial charge in [0.05, 0.1) is 33.8 Å². The highest BCUT2D eigenvalue weighted by Crippen LogP contribution is 2.51. The summed E-state index contributed by atoms with van der Waals surface area (Å²) in [7, 11) is 0. The van der Waals surface area contributed by atoms with Gasteiger partial charge in [0.2, 0.25) is 0 Å². The van der Waals surface area contributed by atoms with E-state index < -0.39 is 0 Å². The molecule has 2 heteroatoms. The van der Waals surface area contributed by atoms with Crippen LogP contribution in [0.5, 0.6) is 0 Å². The molecule has 80 heavy (non-hydrogen) atoms. The van der Waals surface area contributed by atoms with Crippen molar-refractivity contribution < 1.29 is 0 Å². The van der Waals surface area contributed by atoms with Crippen LogP contribution in [0.3, 0.4) is 0 Å². The predicted octanol–water partition coefficient (Wildman–Crippen LogP) is 22.6. The van der Waals surface area contributed by atoms with Crippen molar-refractivity contribution in [2.24, 2.45) is 0 Å². The van der Waals surface area contributed by atoms with E-state index in [1.807, 2.05) is 0 Å². The van der Waals surface area contributed by atoms with Gasteiger partial charge in [-0.2, -0.15) is 0 Å². The summed E-state index contributed by atoms with van der Waals surface area (Å²) in [6.45, 7) is 35.0. The van der Waals surface area contributed by atoms with Crippen molar-refractivity contribution in [1.29, 1.82) is 0 Å². The predicted molar refractivity (Wildman–Crippen MR) is 349 cm³/mol. The Hall–Kier alpha value is -7.94. The molecule has 0 bridgehead atoms. The standard InChI is InChI=1S/C78H78N2/c1-74(2,3)55-36-39-61(54-44-58(77(10,11)12)47-59(45-54)78(13,14)15)71(48-55)80(66-25-19-16-22-60(66)50-30-28-49(29-31-50)53-42-56(75(4,5)6)46-57(43-53)76(7,8)9)70-41-35-52-32-37-64-69(40-34-51-33-38-65(70)73(52)72(51)64)79-67-26-20-17-23-62(67)63-24-18-21-27-68(63)79/h16-48H,1-15H3. The van der Waals surface area contributed by atoms with Gasteiger partial charge in [0, 0.05) is 32.7 Å². The molecule has 0 aliphatic rings. The Morgan fingerprint density at radius 3 is 1.26 bits per heavy atom. The summed E-state index contributed by atoms with van der Waals surface area (Å²) in [5, 5.41) is 10.0. The van der Waals surface area contributed by atoms with Crippen molar-refractivity contribution in [2.75, 3.05) is 4.90 Å². The first-order chi connectivity index (χ1) is 37.8. The van der Waals surface area contributed by atoms with Gasteiger partial charge >= 0.3 is 0 Å². The van der Waals surface area contributed by atoms with Gasteiger partial charge in [0.1, 0.15) is 0 Å². The first-order valence-corrected chi connectivity index (χ1v) is 29.0. The number of fused-ring (bicyclic) bond motifs is 3. The molecule has 0 aliphatic carbocycles. The third-order valence-corrected chi connectivity index (χ3v) is 17.1. The molecule has 400 valence electrons. The maximum atomic E-state index is 2.62. The third-order valence-electron chi connectivity index (χ3n) is 17.1. The van der Waals surface area contributed by atoms with Crippen LogP contribution in [0.15, 0.2) is 200 Å². The van der Waals surface area contributed by atoms with Crippen LogP contribution < -0.4 is 4.90 Å². The Bertz CT molecular complexity index is 4230. The molecule has 0 spiro atoms. The zero-order valence-corrected chi connectivity index (χ0v) is 49.9. The molecule has 0 radical (unpaired) electrons. The minimum atomic E-state index is -0.124. The van der Waals surface area contributed by atoms with Crippen LogP contribution in [0, 0.1) is 0 Å². The summed E-state index contributed by atoms with van der Waals surface area (Å²) < 4.78 is 2.48.